The molecule has 0 unspecified atom stereocenters. The first-order chi connectivity index (χ1) is 8.22. The zero-order chi connectivity index (χ0) is 11.8. The number of phenols is 1. The molecule has 84 valence electrons. The van der Waals surface area contributed by atoms with Crippen LogP contribution in [-0.4, -0.2) is 15.1 Å². The van der Waals surface area contributed by atoms with Crippen LogP contribution in [0.4, 0.5) is 5.82 Å². The van der Waals surface area contributed by atoms with Crippen LogP contribution >= 0.6 is 0 Å². The molecule has 0 aliphatic rings. The normalized spacial score (nSPS) is 10.8. The summed E-state index contributed by atoms with van der Waals surface area (Å²) in [5.74, 6) is 0.765. The van der Waals surface area contributed by atoms with E-state index in [0.717, 1.165) is 22.2 Å². The van der Waals surface area contributed by atoms with Gasteiger partial charge in [-0.05, 0) is 36.4 Å². The predicted molar refractivity (Wildman–Crippen MR) is 67.6 cm³/mol. The first-order valence-electron chi connectivity index (χ1n) is 5.26. The number of nitrogens with two attached hydrogens (primary N) is 1. The van der Waals surface area contributed by atoms with Crippen LogP contribution in [0.3, 0.4) is 0 Å². The first kappa shape index (κ1) is 9.72. The summed E-state index contributed by atoms with van der Waals surface area (Å²) in [6.45, 7) is 0. The van der Waals surface area contributed by atoms with Gasteiger partial charge < -0.3 is 15.8 Å². The highest BCUT2D eigenvalue weighted by molar-refractivity contribution is 5.86. The van der Waals surface area contributed by atoms with Crippen LogP contribution in [0.1, 0.15) is 0 Å². The maximum Gasteiger partial charge on any atom is 0.123 e. The topological polar surface area (TPSA) is 74.9 Å². The van der Waals surface area contributed by atoms with Gasteiger partial charge in [0.05, 0.1) is 0 Å². The molecule has 4 heteroatoms. The van der Waals surface area contributed by atoms with Crippen LogP contribution in [0.25, 0.3) is 22.2 Å². The Morgan fingerprint density at radius 3 is 2.76 bits per heavy atom. The van der Waals surface area contributed by atoms with Crippen molar-refractivity contribution in [3.63, 3.8) is 0 Å². The van der Waals surface area contributed by atoms with Crippen molar-refractivity contribution in [3.8, 4) is 17.0 Å². The van der Waals surface area contributed by atoms with Crippen molar-refractivity contribution in [1.82, 2.24) is 9.97 Å². The minimum atomic E-state index is 0.262. The van der Waals surface area contributed by atoms with Crippen LogP contribution < -0.4 is 5.73 Å². The monoisotopic (exact) mass is 225 g/mol. The molecule has 0 amide bonds. The Morgan fingerprint density at radius 1 is 1.12 bits per heavy atom. The van der Waals surface area contributed by atoms with Gasteiger partial charge in [0, 0.05) is 28.4 Å². The van der Waals surface area contributed by atoms with Gasteiger partial charge in [-0.25, -0.2) is 4.98 Å². The number of hydrogen-bond donors (Lipinski definition) is 3. The number of aromatic hydroxyl groups is 1. The van der Waals surface area contributed by atoms with Crippen LogP contribution in [-0.2, 0) is 0 Å². The molecule has 0 saturated heterocycles. The SMILES string of the molecule is Nc1ccc(-c2cc3cc(O)ccc3[nH]2)cn1. The van der Waals surface area contributed by atoms with Crippen molar-refractivity contribution in [2.45, 2.75) is 0 Å². The number of pyridine rings is 1. The summed E-state index contributed by atoms with van der Waals surface area (Å²) in [5.41, 5.74) is 8.45. The number of anilines is 1. The number of nitrogens with one attached hydrogen (secondary N) is 1. The van der Waals surface area contributed by atoms with Gasteiger partial charge in [0.25, 0.3) is 0 Å². The Hall–Kier alpha value is -2.49. The van der Waals surface area contributed by atoms with Crippen molar-refractivity contribution in [1.29, 1.82) is 0 Å². The molecule has 4 N–H and O–H groups in total. The summed E-state index contributed by atoms with van der Waals surface area (Å²) in [6, 6.07) is 10.9. The number of rotatable bonds is 1. The molecule has 2 aromatic heterocycles. The lowest BCUT2D eigenvalue weighted by molar-refractivity contribution is 0.476. The lowest BCUT2D eigenvalue weighted by Crippen LogP contribution is -1.88. The smallest absolute Gasteiger partial charge is 0.123 e. The second-order valence-corrected chi connectivity index (χ2v) is 3.93. The van der Waals surface area contributed by atoms with E-state index in [0.29, 0.717) is 5.82 Å². The number of H-pyrrole nitrogens is 1. The fourth-order valence-electron chi connectivity index (χ4n) is 1.84. The predicted octanol–water partition coefficient (Wildman–Crippen LogP) is 2.52. The van der Waals surface area contributed by atoms with Crippen LogP contribution in [0.5, 0.6) is 5.75 Å². The number of benzene rings is 1. The lowest BCUT2D eigenvalue weighted by Gasteiger charge is -1.97. The Balaban J connectivity index is 2.14. The van der Waals surface area contributed by atoms with Gasteiger partial charge in [0.1, 0.15) is 11.6 Å². The molecule has 0 spiro atoms. The fraction of sp³-hybridized carbons (Fsp3) is 0. The zero-order valence-corrected chi connectivity index (χ0v) is 9.01. The molecule has 0 aliphatic carbocycles. The van der Waals surface area contributed by atoms with Crippen LogP contribution in [0.15, 0.2) is 42.6 Å². The van der Waals surface area contributed by atoms with E-state index < -0.39 is 0 Å². The maximum atomic E-state index is 9.40. The molecular formula is C13H11N3O. The van der Waals surface area contributed by atoms with Gasteiger partial charge in [0.15, 0.2) is 0 Å². The van der Waals surface area contributed by atoms with Gasteiger partial charge in [-0.15, -0.1) is 0 Å². The molecule has 17 heavy (non-hydrogen) atoms. The fourth-order valence-corrected chi connectivity index (χ4v) is 1.84. The Labute approximate surface area is 97.7 Å². The molecule has 3 rings (SSSR count). The summed E-state index contributed by atoms with van der Waals surface area (Å²) >= 11 is 0. The minimum absolute atomic E-state index is 0.262. The van der Waals surface area contributed by atoms with E-state index in [9.17, 15) is 5.11 Å². The number of aromatic nitrogens is 2. The van der Waals surface area contributed by atoms with E-state index in [1.165, 1.54) is 0 Å². The Kier molecular flexibility index (Phi) is 2.01. The maximum absolute atomic E-state index is 9.40. The van der Waals surface area contributed by atoms with Crippen molar-refractivity contribution in [3.05, 3.63) is 42.6 Å². The molecular weight excluding hydrogens is 214 g/mol. The molecule has 0 bridgehead atoms. The highest BCUT2D eigenvalue weighted by Crippen LogP contribution is 2.26. The van der Waals surface area contributed by atoms with Gasteiger partial charge in [-0.1, -0.05) is 0 Å². The molecule has 2 heterocycles. The summed E-state index contributed by atoms with van der Waals surface area (Å²) < 4.78 is 0. The zero-order valence-electron chi connectivity index (χ0n) is 9.01. The molecule has 0 saturated carbocycles. The molecule has 3 aromatic rings. The third-order valence-corrected chi connectivity index (χ3v) is 2.70. The second kappa shape index (κ2) is 3.52. The summed E-state index contributed by atoms with van der Waals surface area (Å²) in [5, 5.41) is 10.4. The number of aromatic amines is 1. The van der Waals surface area contributed by atoms with E-state index in [1.54, 1.807) is 24.4 Å². The summed E-state index contributed by atoms with van der Waals surface area (Å²) in [7, 11) is 0. The number of phenolic OH excluding ortho intramolecular Hbond substituents is 1. The van der Waals surface area contributed by atoms with Gasteiger partial charge >= 0.3 is 0 Å². The van der Waals surface area contributed by atoms with E-state index in [-0.39, 0.29) is 5.75 Å². The van der Waals surface area contributed by atoms with Crippen LogP contribution in [0.2, 0.25) is 0 Å². The quantitative estimate of drug-likeness (QED) is 0.595. The highest BCUT2D eigenvalue weighted by Gasteiger charge is 2.04. The number of nitrogens with zero attached hydrogens (tertiary/aromatic N) is 1. The molecule has 0 radical (unpaired) electrons. The van der Waals surface area contributed by atoms with Crippen molar-refractivity contribution >= 4 is 16.7 Å². The average Bonchev–Trinajstić information content (AvgIpc) is 2.72. The van der Waals surface area contributed by atoms with Crippen molar-refractivity contribution < 1.29 is 5.11 Å². The number of fused-ring (bicyclic) bond motifs is 1. The Bertz CT molecular complexity index is 671. The van der Waals surface area contributed by atoms with Crippen molar-refractivity contribution in [2.24, 2.45) is 0 Å². The second-order valence-electron chi connectivity index (χ2n) is 3.93. The molecule has 1 aromatic carbocycles. The number of hydrogen-bond acceptors (Lipinski definition) is 3. The van der Waals surface area contributed by atoms with Gasteiger partial charge in [0.2, 0.25) is 0 Å². The average molecular weight is 225 g/mol. The minimum Gasteiger partial charge on any atom is -0.508 e. The van der Waals surface area contributed by atoms with E-state index in [4.69, 9.17) is 5.73 Å². The third kappa shape index (κ3) is 1.69. The Morgan fingerprint density at radius 2 is 2.00 bits per heavy atom. The molecule has 0 aliphatic heterocycles. The van der Waals surface area contributed by atoms with Crippen LogP contribution in [0, 0.1) is 0 Å². The van der Waals surface area contributed by atoms with Gasteiger partial charge in [-0.2, -0.15) is 0 Å². The molecule has 0 atom stereocenters. The third-order valence-electron chi connectivity index (χ3n) is 2.70. The summed E-state index contributed by atoms with van der Waals surface area (Å²) in [6.07, 6.45) is 1.72. The van der Waals surface area contributed by atoms with E-state index >= 15 is 0 Å². The molecule has 0 fully saturated rings. The summed E-state index contributed by atoms with van der Waals surface area (Å²) in [4.78, 5) is 7.32. The molecule has 4 nitrogen and oxygen atoms in total. The van der Waals surface area contributed by atoms with Gasteiger partial charge in [-0.3, -0.25) is 0 Å². The van der Waals surface area contributed by atoms with E-state index in [2.05, 4.69) is 9.97 Å². The van der Waals surface area contributed by atoms with E-state index in [1.807, 2.05) is 18.2 Å². The standard InChI is InChI=1S/C13H11N3O/c14-13-4-1-8(7-15-13)12-6-9-5-10(17)2-3-11(9)16-12/h1-7,16-17H,(H2,14,15). The van der Waals surface area contributed by atoms with Crippen molar-refractivity contribution in [2.75, 3.05) is 5.73 Å². The number of nitrogen functional groups attached to an aromatic ring is 1. The first-order valence-corrected chi connectivity index (χ1v) is 5.26. The largest absolute Gasteiger partial charge is 0.508 e. The highest BCUT2D eigenvalue weighted by atomic mass is 16.3. The lowest BCUT2D eigenvalue weighted by atomic mass is 10.2.